The maximum absolute atomic E-state index is 13.4. The van der Waals surface area contributed by atoms with Gasteiger partial charge in [-0.1, -0.05) is 30.2 Å². The second kappa shape index (κ2) is 6.74. The summed E-state index contributed by atoms with van der Waals surface area (Å²) >= 11 is 11.9. The molecule has 0 amide bonds. The van der Waals surface area contributed by atoms with Crippen molar-refractivity contribution in [2.75, 3.05) is 12.4 Å². The van der Waals surface area contributed by atoms with E-state index in [1.165, 1.54) is 25.3 Å². The molecule has 18 heavy (non-hydrogen) atoms. The van der Waals surface area contributed by atoms with E-state index in [9.17, 15) is 4.39 Å². The Balaban J connectivity index is 2.08. The molecule has 0 N–H and O–H groups in total. The van der Waals surface area contributed by atoms with Crippen molar-refractivity contribution in [3.05, 3.63) is 34.6 Å². The van der Waals surface area contributed by atoms with Gasteiger partial charge in [-0.05, 0) is 37.4 Å². The van der Waals surface area contributed by atoms with Crippen molar-refractivity contribution in [3.8, 4) is 0 Å². The first-order valence-corrected chi connectivity index (χ1v) is 7.36. The first kappa shape index (κ1) is 14.1. The lowest BCUT2D eigenvalue weighted by molar-refractivity contribution is 0.136. The number of nitrogens with zero attached hydrogens (tertiary/aromatic N) is 1. The van der Waals surface area contributed by atoms with Crippen LogP contribution in [0.4, 0.5) is 4.39 Å². The molecule has 2 rings (SSSR count). The predicted octanol–water partition coefficient (Wildman–Crippen LogP) is 4.46. The summed E-state index contributed by atoms with van der Waals surface area (Å²) in [4.78, 5) is 2.38. The summed E-state index contributed by atoms with van der Waals surface area (Å²) in [5, 5.41) is 0.257. The molecule has 1 aliphatic heterocycles. The van der Waals surface area contributed by atoms with E-state index in [0.29, 0.717) is 11.9 Å². The van der Waals surface area contributed by atoms with Gasteiger partial charge < -0.3 is 0 Å². The molecule has 1 saturated heterocycles. The molecule has 0 saturated carbocycles. The lowest BCUT2D eigenvalue weighted by atomic mass is 9.99. The number of hydrogen-bond donors (Lipinski definition) is 0. The molecular formula is C14H18Cl2FN. The average Bonchev–Trinajstić information content (AvgIpc) is 2.37. The van der Waals surface area contributed by atoms with Gasteiger partial charge in [0.25, 0.3) is 0 Å². The van der Waals surface area contributed by atoms with Gasteiger partial charge in [-0.15, -0.1) is 11.6 Å². The molecule has 0 aromatic heterocycles. The minimum atomic E-state index is -0.333. The molecule has 1 nitrogen and oxygen atoms in total. The van der Waals surface area contributed by atoms with Crippen molar-refractivity contribution in [3.63, 3.8) is 0 Å². The molecule has 1 aromatic rings. The van der Waals surface area contributed by atoms with Crippen molar-refractivity contribution < 1.29 is 4.39 Å². The number of hydrogen-bond acceptors (Lipinski definition) is 1. The fourth-order valence-corrected chi connectivity index (χ4v) is 3.05. The molecular weight excluding hydrogens is 272 g/mol. The van der Waals surface area contributed by atoms with Gasteiger partial charge in [0.2, 0.25) is 0 Å². The molecule has 0 radical (unpaired) electrons. The van der Waals surface area contributed by atoms with Gasteiger partial charge in [0, 0.05) is 18.5 Å². The standard InChI is InChI=1S/C14H18Cl2FN/c15-8-7-12-5-1-2-9-18(12)10-11-4-3-6-13(17)14(11)16/h3-4,6,12H,1-2,5,7-10H2. The summed E-state index contributed by atoms with van der Waals surface area (Å²) in [5.74, 6) is 0.345. The second-order valence-electron chi connectivity index (χ2n) is 4.81. The lowest BCUT2D eigenvalue weighted by Crippen LogP contribution is -2.39. The summed E-state index contributed by atoms with van der Waals surface area (Å²) in [6.45, 7) is 1.77. The Hall–Kier alpha value is -0.310. The molecule has 0 spiro atoms. The van der Waals surface area contributed by atoms with E-state index in [1.807, 2.05) is 6.07 Å². The van der Waals surface area contributed by atoms with Gasteiger partial charge in [0.1, 0.15) is 5.82 Å². The summed E-state index contributed by atoms with van der Waals surface area (Å²) in [7, 11) is 0. The van der Waals surface area contributed by atoms with Gasteiger partial charge in [0.05, 0.1) is 5.02 Å². The van der Waals surface area contributed by atoms with Crippen LogP contribution in [-0.2, 0) is 6.54 Å². The minimum absolute atomic E-state index is 0.257. The van der Waals surface area contributed by atoms with Crippen LogP contribution in [-0.4, -0.2) is 23.4 Å². The van der Waals surface area contributed by atoms with Crippen molar-refractivity contribution in [2.45, 2.75) is 38.3 Å². The Bertz CT molecular complexity index is 395. The topological polar surface area (TPSA) is 3.24 Å². The summed E-state index contributed by atoms with van der Waals surface area (Å²) in [5.41, 5.74) is 0.873. The molecule has 100 valence electrons. The van der Waals surface area contributed by atoms with Crippen molar-refractivity contribution in [2.24, 2.45) is 0 Å². The molecule has 4 heteroatoms. The fraction of sp³-hybridized carbons (Fsp3) is 0.571. The molecule has 0 aliphatic carbocycles. The lowest BCUT2D eigenvalue weighted by Gasteiger charge is -2.35. The largest absolute Gasteiger partial charge is 0.296 e. The third kappa shape index (κ3) is 3.37. The zero-order chi connectivity index (χ0) is 13.0. The highest BCUT2D eigenvalue weighted by Crippen LogP contribution is 2.26. The molecule has 1 atom stereocenters. The van der Waals surface area contributed by atoms with E-state index < -0.39 is 0 Å². The van der Waals surface area contributed by atoms with Crippen LogP contribution in [0.15, 0.2) is 18.2 Å². The third-order valence-corrected chi connectivity index (χ3v) is 4.24. The maximum atomic E-state index is 13.4. The highest BCUT2D eigenvalue weighted by molar-refractivity contribution is 6.31. The highest BCUT2D eigenvalue weighted by atomic mass is 35.5. The van der Waals surface area contributed by atoms with E-state index in [-0.39, 0.29) is 10.8 Å². The molecule has 1 aromatic carbocycles. The second-order valence-corrected chi connectivity index (χ2v) is 5.57. The van der Waals surface area contributed by atoms with Crippen molar-refractivity contribution in [1.82, 2.24) is 4.90 Å². The monoisotopic (exact) mass is 289 g/mol. The van der Waals surface area contributed by atoms with Gasteiger partial charge in [-0.2, -0.15) is 0 Å². The number of benzene rings is 1. The Labute approximate surface area is 118 Å². The molecule has 1 unspecified atom stereocenters. The number of piperidine rings is 1. The summed E-state index contributed by atoms with van der Waals surface area (Å²) < 4.78 is 13.4. The van der Waals surface area contributed by atoms with E-state index in [1.54, 1.807) is 6.07 Å². The maximum Gasteiger partial charge on any atom is 0.142 e. The van der Waals surface area contributed by atoms with E-state index in [4.69, 9.17) is 23.2 Å². The Kier molecular flexibility index (Phi) is 5.28. The molecule has 0 bridgehead atoms. The highest BCUT2D eigenvalue weighted by Gasteiger charge is 2.22. The van der Waals surface area contributed by atoms with Gasteiger partial charge in [-0.25, -0.2) is 4.39 Å². The normalized spacial score (nSPS) is 21.2. The van der Waals surface area contributed by atoms with Crippen LogP contribution in [0, 0.1) is 5.82 Å². The van der Waals surface area contributed by atoms with Crippen LogP contribution < -0.4 is 0 Å². The number of rotatable bonds is 4. The van der Waals surface area contributed by atoms with Crippen LogP contribution >= 0.6 is 23.2 Å². The Morgan fingerprint density at radius 1 is 1.33 bits per heavy atom. The first-order chi connectivity index (χ1) is 8.72. The smallest absolute Gasteiger partial charge is 0.142 e. The number of alkyl halides is 1. The summed E-state index contributed by atoms with van der Waals surface area (Å²) in [6, 6.07) is 5.53. The number of halogens is 3. The first-order valence-electron chi connectivity index (χ1n) is 6.45. The minimum Gasteiger partial charge on any atom is -0.296 e. The Morgan fingerprint density at radius 3 is 2.94 bits per heavy atom. The van der Waals surface area contributed by atoms with Crippen LogP contribution in [0.5, 0.6) is 0 Å². The van der Waals surface area contributed by atoms with Gasteiger partial charge in [0.15, 0.2) is 0 Å². The van der Waals surface area contributed by atoms with Crippen molar-refractivity contribution >= 4 is 23.2 Å². The van der Waals surface area contributed by atoms with Gasteiger partial charge >= 0.3 is 0 Å². The molecule has 1 aliphatic rings. The predicted molar refractivity (Wildman–Crippen MR) is 74.8 cm³/mol. The van der Waals surface area contributed by atoms with Crippen molar-refractivity contribution in [1.29, 1.82) is 0 Å². The molecule has 1 heterocycles. The van der Waals surface area contributed by atoms with E-state index in [0.717, 1.165) is 25.1 Å². The summed E-state index contributed by atoms with van der Waals surface area (Å²) in [6.07, 6.45) is 4.63. The quantitative estimate of drug-likeness (QED) is 0.740. The average molecular weight is 290 g/mol. The fourth-order valence-electron chi connectivity index (χ4n) is 2.61. The van der Waals surface area contributed by atoms with Crippen LogP contribution in [0.3, 0.4) is 0 Å². The number of likely N-dealkylation sites (tertiary alicyclic amines) is 1. The van der Waals surface area contributed by atoms with Gasteiger partial charge in [-0.3, -0.25) is 4.90 Å². The zero-order valence-electron chi connectivity index (χ0n) is 10.3. The SMILES string of the molecule is Fc1cccc(CN2CCCCC2CCCl)c1Cl. The van der Waals surface area contributed by atoms with Crippen LogP contribution in [0.1, 0.15) is 31.2 Å². The van der Waals surface area contributed by atoms with Crippen LogP contribution in [0.2, 0.25) is 5.02 Å². The molecule has 1 fully saturated rings. The third-order valence-electron chi connectivity index (χ3n) is 3.60. The van der Waals surface area contributed by atoms with E-state index in [2.05, 4.69) is 4.90 Å². The zero-order valence-corrected chi connectivity index (χ0v) is 11.9. The van der Waals surface area contributed by atoms with E-state index >= 15 is 0 Å². The Morgan fingerprint density at radius 2 is 2.17 bits per heavy atom. The van der Waals surface area contributed by atoms with Crippen LogP contribution in [0.25, 0.3) is 0 Å².